The molecule has 0 radical (unpaired) electrons. The number of hydrogen-bond acceptors (Lipinski definition) is 4. The molecule has 0 N–H and O–H groups in total. The topological polar surface area (TPSA) is 69.8 Å². The average molecular weight is 701 g/mol. The average Bonchev–Trinajstić information content (AvgIpc) is 3.93. The van der Waals surface area contributed by atoms with Gasteiger partial charge in [0.05, 0.1) is 12.7 Å². The monoisotopic (exact) mass is 700 g/mol. The molecular weight excluding hydrogens is 641 g/mol. The first-order valence-corrected chi connectivity index (χ1v) is 20.8. The van der Waals surface area contributed by atoms with Crippen molar-refractivity contribution in [1.29, 1.82) is 0 Å². The molecule has 2 aromatic heterocycles. The summed E-state index contributed by atoms with van der Waals surface area (Å²) in [5.41, 5.74) is 7.07. The number of rotatable bonds is 2. The fraction of sp³-hybridized carbons (Fsp3) is 0.652. The van der Waals surface area contributed by atoms with Crippen LogP contribution in [-0.2, 0) is 9.59 Å². The summed E-state index contributed by atoms with van der Waals surface area (Å²) in [7, 11) is 0. The van der Waals surface area contributed by atoms with E-state index < -0.39 is 0 Å². The first-order chi connectivity index (χ1) is 25.0. The highest BCUT2D eigenvalue weighted by molar-refractivity contribution is 5.81. The number of carbonyl (C=O) groups is 2. The molecule has 8 aliphatic carbocycles. The summed E-state index contributed by atoms with van der Waals surface area (Å²) < 4.78 is 4.49. The third-order valence-electron chi connectivity index (χ3n) is 17.0. The number of ketones is 2. The SMILES string of the molecule is C[C@]12CCC(=O)CCC1=CC[C@@H]1[C@@H]2CC[C@]2(C)C(n3ccnc3)=CC[C@@H]12.C[C@]12CCCC(=O)CC1=CC[C@@H]1[C@@H]2CC[C@]2(C)C(n3ccnc3)=CC[C@@H]12. The van der Waals surface area contributed by atoms with E-state index in [4.69, 9.17) is 0 Å². The Hall–Kier alpha value is -3.28. The Morgan fingerprint density at radius 1 is 0.558 bits per heavy atom. The molecule has 8 aliphatic rings. The lowest BCUT2D eigenvalue weighted by Crippen LogP contribution is -2.48. The van der Waals surface area contributed by atoms with Crippen LogP contribution in [0.2, 0.25) is 0 Å². The highest BCUT2D eigenvalue weighted by Crippen LogP contribution is 2.66. The van der Waals surface area contributed by atoms with Crippen molar-refractivity contribution in [2.45, 2.75) is 130 Å². The first-order valence-electron chi connectivity index (χ1n) is 20.8. The second-order valence-corrected chi connectivity index (χ2v) is 19.1. The molecule has 0 amide bonds. The fourth-order valence-corrected chi connectivity index (χ4v) is 14.1. The van der Waals surface area contributed by atoms with Crippen LogP contribution in [0, 0.1) is 57.2 Å². The summed E-state index contributed by atoms with van der Waals surface area (Å²) in [6.45, 7) is 9.95. The van der Waals surface area contributed by atoms with E-state index in [0.717, 1.165) is 80.5 Å². The Kier molecular flexibility index (Phi) is 8.39. The van der Waals surface area contributed by atoms with Crippen molar-refractivity contribution < 1.29 is 9.59 Å². The standard InChI is InChI=1S/2C23H30N2O/c1-22-11-9-17(26)5-3-16(22)4-6-18-19-7-8-21(25-14-13-24-15-25)23(19,2)12-10-20(18)22;1-22-10-3-4-17(26)14-16(22)5-6-18-19-7-8-21(25-13-12-24-15-25)23(19,2)11-9-20(18)22/h4,8,13-15,18-20H,3,5-7,9-12H2,1-2H3;5,8,12-13,15,18-20H,3-4,6-7,9-11,14H2,1-2H3/t2*18-,19-,20-,22-,23-/m00/s1. The molecule has 0 bridgehead atoms. The van der Waals surface area contributed by atoms with Crippen molar-refractivity contribution in [3.05, 3.63) is 72.9 Å². The van der Waals surface area contributed by atoms with Crippen LogP contribution in [-0.4, -0.2) is 30.7 Å². The van der Waals surface area contributed by atoms with Crippen LogP contribution < -0.4 is 0 Å². The normalized spacial score (nSPS) is 42.2. The number of allylic oxidation sites excluding steroid dienone is 8. The molecule has 6 nitrogen and oxygen atoms in total. The lowest BCUT2D eigenvalue weighted by atomic mass is 9.49. The second-order valence-electron chi connectivity index (χ2n) is 19.1. The maximum atomic E-state index is 12.2. The number of fused-ring (bicyclic) bond motifs is 10. The van der Waals surface area contributed by atoms with Crippen LogP contribution >= 0.6 is 0 Å². The molecule has 10 rings (SSSR count). The molecule has 2 aromatic rings. The highest BCUT2D eigenvalue weighted by Gasteiger charge is 2.58. The van der Waals surface area contributed by atoms with Gasteiger partial charge in [0, 0.05) is 72.7 Å². The van der Waals surface area contributed by atoms with E-state index >= 15 is 0 Å². The molecule has 4 saturated carbocycles. The predicted octanol–water partition coefficient (Wildman–Crippen LogP) is 10.5. The number of nitrogens with zero attached hydrogens (tertiary/aromatic N) is 4. The molecule has 10 atom stereocenters. The number of carbonyl (C=O) groups excluding carboxylic acids is 2. The van der Waals surface area contributed by atoms with Gasteiger partial charge in [-0.3, -0.25) is 9.59 Å². The van der Waals surface area contributed by atoms with Crippen LogP contribution in [0.15, 0.2) is 72.9 Å². The summed E-state index contributed by atoms with van der Waals surface area (Å²) in [5, 5.41) is 0. The largest absolute Gasteiger partial charge is 0.310 e. The van der Waals surface area contributed by atoms with Crippen LogP contribution in [0.3, 0.4) is 0 Å². The minimum atomic E-state index is 0.258. The van der Waals surface area contributed by atoms with Crippen molar-refractivity contribution in [1.82, 2.24) is 19.1 Å². The lowest BCUT2D eigenvalue weighted by Gasteiger charge is -2.56. The highest BCUT2D eigenvalue weighted by atomic mass is 16.1. The van der Waals surface area contributed by atoms with Crippen LogP contribution in [0.1, 0.15) is 130 Å². The Morgan fingerprint density at radius 3 is 1.67 bits per heavy atom. The number of imidazole rings is 2. The molecule has 0 saturated heterocycles. The van der Waals surface area contributed by atoms with E-state index in [9.17, 15) is 9.59 Å². The second kappa shape index (κ2) is 12.7. The van der Waals surface area contributed by atoms with E-state index in [1.165, 1.54) is 74.8 Å². The maximum Gasteiger partial charge on any atom is 0.136 e. The first kappa shape index (κ1) is 34.5. The van der Waals surface area contributed by atoms with Crippen molar-refractivity contribution in [3.63, 3.8) is 0 Å². The maximum absolute atomic E-state index is 12.2. The third kappa shape index (κ3) is 5.22. The minimum absolute atomic E-state index is 0.258. The predicted molar refractivity (Wildman–Crippen MR) is 206 cm³/mol. The van der Waals surface area contributed by atoms with E-state index in [0.29, 0.717) is 11.6 Å². The van der Waals surface area contributed by atoms with E-state index in [1.54, 1.807) is 5.57 Å². The van der Waals surface area contributed by atoms with E-state index in [-0.39, 0.29) is 21.7 Å². The fourth-order valence-electron chi connectivity index (χ4n) is 14.1. The van der Waals surface area contributed by atoms with Crippen molar-refractivity contribution >= 4 is 23.0 Å². The van der Waals surface area contributed by atoms with Gasteiger partial charge in [-0.1, -0.05) is 63.1 Å². The molecule has 0 spiro atoms. The number of Topliss-reactive ketones (excluding diaryl/α,β-unsaturated/α-hetero) is 2. The van der Waals surface area contributed by atoms with Gasteiger partial charge in [-0.25, -0.2) is 9.97 Å². The molecule has 0 unspecified atom stereocenters. The Bertz CT molecular complexity index is 1840. The summed E-state index contributed by atoms with van der Waals surface area (Å²) in [4.78, 5) is 32.8. The Labute approximate surface area is 311 Å². The van der Waals surface area contributed by atoms with Crippen LogP contribution in [0.5, 0.6) is 0 Å². The number of hydrogen-bond donors (Lipinski definition) is 0. The van der Waals surface area contributed by atoms with Gasteiger partial charge in [-0.2, -0.15) is 0 Å². The van der Waals surface area contributed by atoms with Crippen molar-refractivity contribution in [3.8, 4) is 0 Å². The smallest absolute Gasteiger partial charge is 0.136 e. The molecule has 6 heteroatoms. The van der Waals surface area contributed by atoms with Crippen LogP contribution in [0.25, 0.3) is 11.4 Å². The van der Waals surface area contributed by atoms with Gasteiger partial charge in [-0.05, 0) is 123 Å². The van der Waals surface area contributed by atoms with Crippen LogP contribution in [0.4, 0.5) is 0 Å². The van der Waals surface area contributed by atoms with Gasteiger partial charge in [0.15, 0.2) is 0 Å². The minimum Gasteiger partial charge on any atom is -0.310 e. The third-order valence-corrected chi connectivity index (χ3v) is 17.0. The van der Waals surface area contributed by atoms with Gasteiger partial charge in [0.2, 0.25) is 0 Å². The van der Waals surface area contributed by atoms with Gasteiger partial charge < -0.3 is 9.13 Å². The summed E-state index contributed by atoms with van der Waals surface area (Å²) in [5.74, 6) is 5.41. The molecule has 0 aliphatic heterocycles. The Morgan fingerprint density at radius 2 is 1.12 bits per heavy atom. The van der Waals surface area contributed by atoms with Crippen molar-refractivity contribution in [2.24, 2.45) is 57.2 Å². The van der Waals surface area contributed by atoms with Gasteiger partial charge >= 0.3 is 0 Å². The summed E-state index contributed by atoms with van der Waals surface area (Å²) >= 11 is 0. The van der Waals surface area contributed by atoms with E-state index in [2.05, 4.69) is 83.5 Å². The quantitative estimate of drug-likeness (QED) is 0.293. The zero-order valence-electron chi connectivity index (χ0n) is 32.2. The molecule has 0 aromatic carbocycles. The number of aromatic nitrogens is 4. The molecule has 52 heavy (non-hydrogen) atoms. The lowest BCUT2D eigenvalue weighted by molar-refractivity contribution is -0.119. The van der Waals surface area contributed by atoms with Gasteiger partial charge in [0.25, 0.3) is 0 Å². The summed E-state index contributed by atoms with van der Waals surface area (Å²) in [6.07, 6.45) is 39.2. The Balaban J connectivity index is 0.000000138. The van der Waals surface area contributed by atoms with Gasteiger partial charge in [0.1, 0.15) is 11.6 Å². The molecular formula is C46H60N4O2. The zero-order chi connectivity index (χ0) is 35.9. The van der Waals surface area contributed by atoms with Crippen molar-refractivity contribution in [2.75, 3.05) is 0 Å². The van der Waals surface area contributed by atoms with Gasteiger partial charge in [-0.15, -0.1) is 0 Å². The molecule has 276 valence electrons. The molecule has 4 fully saturated rings. The summed E-state index contributed by atoms with van der Waals surface area (Å²) in [6, 6.07) is 0. The zero-order valence-corrected chi connectivity index (χ0v) is 32.2. The molecule has 2 heterocycles. The van der Waals surface area contributed by atoms with E-state index in [1.807, 2.05) is 25.0 Å².